The van der Waals surface area contributed by atoms with Crippen LogP contribution in [0.5, 0.6) is 0 Å². The zero-order valence-electron chi connectivity index (χ0n) is 14.4. The van der Waals surface area contributed by atoms with Crippen molar-refractivity contribution in [2.45, 2.75) is 26.2 Å². The van der Waals surface area contributed by atoms with Crippen LogP contribution < -0.4 is 5.32 Å². The third-order valence-electron chi connectivity index (χ3n) is 4.28. The fraction of sp³-hybridized carbons (Fsp3) is 0.556. The van der Waals surface area contributed by atoms with E-state index in [1.807, 2.05) is 6.92 Å². The number of piperidine rings is 1. The topological polar surface area (TPSA) is 58.6 Å². The normalized spacial score (nSPS) is 15.2. The van der Waals surface area contributed by atoms with E-state index in [0.29, 0.717) is 61.3 Å². The third-order valence-corrected chi connectivity index (χ3v) is 4.83. The Balaban J connectivity index is 1.78. The number of carbonyl (C=O) groups excluding carboxylic acids is 2. The van der Waals surface area contributed by atoms with Gasteiger partial charge in [0.2, 0.25) is 5.91 Å². The van der Waals surface area contributed by atoms with Gasteiger partial charge in [-0.25, -0.2) is 0 Å². The van der Waals surface area contributed by atoms with Crippen molar-refractivity contribution in [3.8, 4) is 0 Å². The van der Waals surface area contributed by atoms with Crippen molar-refractivity contribution in [1.29, 1.82) is 0 Å². The van der Waals surface area contributed by atoms with Crippen molar-refractivity contribution in [3.05, 3.63) is 33.8 Å². The molecule has 0 unspecified atom stereocenters. The van der Waals surface area contributed by atoms with Gasteiger partial charge in [-0.2, -0.15) is 0 Å². The van der Waals surface area contributed by atoms with Crippen LogP contribution in [0.4, 0.5) is 0 Å². The minimum Gasteiger partial charge on any atom is -0.382 e. The van der Waals surface area contributed by atoms with Gasteiger partial charge in [0.15, 0.2) is 0 Å². The van der Waals surface area contributed by atoms with Crippen molar-refractivity contribution in [3.63, 3.8) is 0 Å². The van der Waals surface area contributed by atoms with E-state index < -0.39 is 0 Å². The minimum absolute atomic E-state index is 0.0446. The summed E-state index contributed by atoms with van der Waals surface area (Å²) in [6.45, 7) is 5.02. The fourth-order valence-electron chi connectivity index (χ4n) is 2.85. The van der Waals surface area contributed by atoms with Crippen LogP contribution in [0.25, 0.3) is 0 Å². The van der Waals surface area contributed by atoms with E-state index in [0.717, 1.165) is 6.42 Å². The summed E-state index contributed by atoms with van der Waals surface area (Å²) in [5, 5.41) is 3.80. The quantitative estimate of drug-likeness (QED) is 0.730. The number of likely N-dealkylation sites (tertiary alicyclic amines) is 1. The minimum atomic E-state index is -0.114. The number of hydrogen-bond donors (Lipinski definition) is 1. The second kappa shape index (κ2) is 10.00. The van der Waals surface area contributed by atoms with Crippen LogP contribution in [0.2, 0.25) is 10.0 Å². The monoisotopic (exact) mass is 386 g/mol. The Morgan fingerprint density at radius 3 is 2.64 bits per heavy atom. The molecule has 1 aliphatic rings. The summed E-state index contributed by atoms with van der Waals surface area (Å²) in [6, 6.07) is 4.87. The maximum Gasteiger partial charge on any atom is 0.255 e. The van der Waals surface area contributed by atoms with Gasteiger partial charge in [0.05, 0.1) is 10.6 Å². The van der Waals surface area contributed by atoms with Crippen LogP contribution in [0, 0.1) is 5.92 Å². The molecular formula is C18H24Cl2N2O3. The molecule has 1 heterocycles. The van der Waals surface area contributed by atoms with Crippen LogP contribution in [-0.4, -0.2) is 49.6 Å². The smallest absolute Gasteiger partial charge is 0.255 e. The molecule has 1 aromatic carbocycles. The van der Waals surface area contributed by atoms with Gasteiger partial charge >= 0.3 is 0 Å². The average molecular weight is 387 g/mol. The SMILES string of the molecule is CCOCCCNC(=O)C1CCN(C(=O)c2ccc(Cl)cc2Cl)CC1. The summed E-state index contributed by atoms with van der Waals surface area (Å²) < 4.78 is 5.25. The summed E-state index contributed by atoms with van der Waals surface area (Å²) in [7, 11) is 0. The molecule has 1 fully saturated rings. The van der Waals surface area contributed by atoms with Gasteiger partial charge in [0.1, 0.15) is 0 Å². The highest BCUT2D eigenvalue weighted by atomic mass is 35.5. The molecule has 0 atom stereocenters. The summed E-state index contributed by atoms with van der Waals surface area (Å²) in [6.07, 6.45) is 2.13. The van der Waals surface area contributed by atoms with Gasteiger partial charge in [-0.3, -0.25) is 9.59 Å². The van der Waals surface area contributed by atoms with Gasteiger partial charge in [-0.15, -0.1) is 0 Å². The second-order valence-corrected chi connectivity index (χ2v) is 6.88. The van der Waals surface area contributed by atoms with Crippen LogP contribution >= 0.6 is 23.2 Å². The first-order chi connectivity index (χ1) is 12.0. The first-order valence-electron chi connectivity index (χ1n) is 8.62. The highest BCUT2D eigenvalue weighted by Gasteiger charge is 2.28. The van der Waals surface area contributed by atoms with Crippen LogP contribution in [-0.2, 0) is 9.53 Å². The molecule has 0 radical (unpaired) electrons. The molecule has 1 aromatic rings. The van der Waals surface area contributed by atoms with Crippen LogP contribution in [0.15, 0.2) is 18.2 Å². The lowest BCUT2D eigenvalue weighted by Gasteiger charge is -2.31. The number of rotatable bonds is 7. The summed E-state index contributed by atoms with van der Waals surface area (Å²) in [5.41, 5.74) is 0.449. The van der Waals surface area contributed by atoms with E-state index >= 15 is 0 Å². The summed E-state index contributed by atoms with van der Waals surface area (Å²) in [5.74, 6) is -0.0952. The molecule has 2 rings (SSSR count). The van der Waals surface area contributed by atoms with Gasteiger partial charge in [-0.1, -0.05) is 23.2 Å². The number of hydrogen-bond acceptors (Lipinski definition) is 3. The van der Waals surface area contributed by atoms with E-state index in [2.05, 4.69) is 5.32 Å². The lowest BCUT2D eigenvalue weighted by molar-refractivity contribution is -0.126. The molecular weight excluding hydrogens is 363 g/mol. The molecule has 0 bridgehead atoms. The highest BCUT2D eigenvalue weighted by Crippen LogP contribution is 2.25. The zero-order chi connectivity index (χ0) is 18.2. The fourth-order valence-corrected chi connectivity index (χ4v) is 3.34. The lowest BCUT2D eigenvalue weighted by Crippen LogP contribution is -2.43. The molecule has 138 valence electrons. The van der Waals surface area contributed by atoms with E-state index in [9.17, 15) is 9.59 Å². The summed E-state index contributed by atoms with van der Waals surface area (Å²) >= 11 is 12.0. The van der Waals surface area contributed by atoms with Crippen molar-refractivity contribution in [2.75, 3.05) is 32.8 Å². The predicted molar refractivity (Wildman–Crippen MR) is 99.2 cm³/mol. The number of benzene rings is 1. The number of nitrogens with one attached hydrogen (secondary N) is 1. The second-order valence-electron chi connectivity index (χ2n) is 6.03. The van der Waals surface area contributed by atoms with Crippen molar-refractivity contribution >= 4 is 35.0 Å². The van der Waals surface area contributed by atoms with Gasteiger partial charge in [0.25, 0.3) is 5.91 Å². The number of ether oxygens (including phenoxy) is 1. The molecule has 0 aliphatic carbocycles. The molecule has 5 nitrogen and oxygen atoms in total. The van der Waals surface area contributed by atoms with Crippen LogP contribution in [0.1, 0.15) is 36.5 Å². The number of amides is 2. The largest absolute Gasteiger partial charge is 0.382 e. The molecule has 0 saturated carbocycles. The van der Waals surface area contributed by atoms with E-state index in [1.54, 1.807) is 23.1 Å². The van der Waals surface area contributed by atoms with Crippen molar-refractivity contribution in [1.82, 2.24) is 10.2 Å². The molecule has 1 aliphatic heterocycles. The molecule has 25 heavy (non-hydrogen) atoms. The Morgan fingerprint density at radius 2 is 2.00 bits per heavy atom. The van der Waals surface area contributed by atoms with E-state index in [-0.39, 0.29) is 17.7 Å². The van der Waals surface area contributed by atoms with Gasteiger partial charge in [0, 0.05) is 43.8 Å². The third kappa shape index (κ3) is 5.87. The predicted octanol–water partition coefficient (Wildman–Crippen LogP) is 3.39. The number of nitrogens with zero attached hydrogens (tertiary/aromatic N) is 1. The first kappa shape index (κ1) is 20.0. The van der Waals surface area contributed by atoms with Gasteiger partial charge in [-0.05, 0) is 44.4 Å². The molecule has 2 amide bonds. The Labute approximate surface area is 158 Å². The molecule has 0 spiro atoms. The Morgan fingerprint density at radius 1 is 1.28 bits per heavy atom. The molecule has 1 N–H and O–H groups in total. The zero-order valence-corrected chi connectivity index (χ0v) is 15.9. The molecule has 0 aromatic heterocycles. The maximum atomic E-state index is 12.6. The van der Waals surface area contributed by atoms with E-state index in [4.69, 9.17) is 27.9 Å². The van der Waals surface area contributed by atoms with Crippen LogP contribution in [0.3, 0.4) is 0 Å². The Kier molecular flexibility index (Phi) is 8.00. The highest BCUT2D eigenvalue weighted by molar-refractivity contribution is 6.36. The number of carbonyl (C=O) groups is 2. The van der Waals surface area contributed by atoms with Crippen molar-refractivity contribution in [2.24, 2.45) is 5.92 Å². The molecule has 1 saturated heterocycles. The van der Waals surface area contributed by atoms with Crippen molar-refractivity contribution < 1.29 is 14.3 Å². The first-order valence-corrected chi connectivity index (χ1v) is 9.38. The van der Waals surface area contributed by atoms with E-state index in [1.165, 1.54) is 0 Å². The Hall–Kier alpha value is -1.30. The lowest BCUT2D eigenvalue weighted by atomic mass is 9.95. The Bertz CT molecular complexity index is 602. The number of halogens is 2. The molecule has 7 heteroatoms. The summed E-state index contributed by atoms with van der Waals surface area (Å²) in [4.78, 5) is 26.5. The average Bonchev–Trinajstić information content (AvgIpc) is 2.61. The van der Waals surface area contributed by atoms with Gasteiger partial charge < -0.3 is 15.0 Å². The standard InChI is InChI=1S/C18H24Cl2N2O3/c1-2-25-11-3-8-21-17(23)13-6-9-22(10-7-13)18(24)15-5-4-14(19)12-16(15)20/h4-5,12-13H,2-3,6-11H2,1H3,(H,21,23). The maximum absolute atomic E-state index is 12.6.